The van der Waals surface area contributed by atoms with Gasteiger partial charge >= 0.3 is 0 Å². The van der Waals surface area contributed by atoms with Crippen LogP contribution in [0.3, 0.4) is 0 Å². The number of thiazole rings is 1. The first kappa shape index (κ1) is 12.8. The molecule has 0 amide bonds. The lowest BCUT2D eigenvalue weighted by atomic mass is 10.1. The molecule has 0 aliphatic heterocycles. The number of nitrogens with zero attached hydrogens (tertiary/aromatic N) is 2. The zero-order valence-corrected chi connectivity index (χ0v) is 12.1. The van der Waals surface area contributed by atoms with Crippen molar-refractivity contribution in [2.24, 2.45) is 0 Å². The summed E-state index contributed by atoms with van der Waals surface area (Å²) in [7, 11) is 1.67. The maximum absolute atomic E-state index is 5.17. The van der Waals surface area contributed by atoms with Crippen molar-refractivity contribution in [3.63, 3.8) is 0 Å². The summed E-state index contributed by atoms with van der Waals surface area (Å²) < 4.78 is 5.17. The van der Waals surface area contributed by atoms with Gasteiger partial charge in [-0.1, -0.05) is 0 Å². The van der Waals surface area contributed by atoms with Gasteiger partial charge in [-0.05, 0) is 42.8 Å². The highest BCUT2D eigenvalue weighted by molar-refractivity contribution is 7.13. The average molecular weight is 282 g/mol. The normalized spacial score (nSPS) is 10.5. The van der Waals surface area contributed by atoms with Crippen molar-refractivity contribution in [1.82, 2.24) is 9.97 Å². The molecule has 0 saturated carbocycles. The van der Waals surface area contributed by atoms with Crippen molar-refractivity contribution < 1.29 is 4.74 Å². The second kappa shape index (κ2) is 5.43. The Bertz CT molecular complexity index is 719. The zero-order valence-electron chi connectivity index (χ0n) is 11.3. The lowest BCUT2D eigenvalue weighted by molar-refractivity contribution is 0.415. The van der Waals surface area contributed by atoms with Crippen LogP contribution < -0.4 is 4.74 Å². The van der Waals surface area contributed by atoms with Gasteiger partial charge in [-0.2, -0.15) is 0 Å². The molecule has 3 nitrogen and oxygen atoms in total. The van der Waals surface area contributed by atoms with Crippen molar-refractivity contribution in [2.75, 3.05) is 7.11 Å². The summed E-state index contributed by atoms with van der Waals surface area (Å²) in [5.74, 6) is 0.855. The van der Waals surface area contributed by atoms with Crippen LogP contribution in [0.1, 0.15) is 5.56 Å². The summed E-state index contributed by atoms with van der Waals surface area (Å²) in [5.41, 5.74) is 4.35. The monoisotopic (exact) mass is 282 g/mol. The van der Waals surface area contributed by atoms with Gasteiger partial charge in [0.15, 0.2) is 0 Å². The molecular weight excluding hydrogens is 268 g/mol. The van der Waals surface area contributed by atoms with E-state index in [0.29, 0.717) is 0 Å². The van der Waals surface area contributed by atoms with E-state index < -0.39 is 0 Å². The molecule has 0 unspecified atom stereocenters. The second-order valence-corrected chi connectivity index (χ2v) is 5.32. The van der Waals surface area contributed by atoms with E-state index in [2.05, 4.69) is 17.3 Å². The highest BCUT2D eigenvalue weighted by Crippen LogP contribution is 2.30. The van der Waals surface area contributed by atoms with Crippen LogP contribution in [0.4, 0.5) is 0 Å². The Balaban J connectivity index is 1.95. The minimum atomic E-state index is 0.855. The fraction of sp³-hybridized carbons (Fsp3) is 0.125. The minimum Gasteiger partial charge on any atom is -0.497 e. The first-order valence-corrected chi connectivity index (χ1v) is 7.17. The van der Waals surface area contributed by atoms with Gasteiger partial charge in [0.25, 0.3) is 0 Å². The molecule has 0 radical (unpaired) electrons. The smallest absolute Gasteiger partial charge is 0.124 e. The van der Waals surface area contributed by atoms with Crippen molar-refractivity contribution in [2.45, 2.75) is 6.92 Å². The first-order chi connectivity index (χ1) is 9.78. The van der Waals surface area contributed by atoms with Crippen LogP contribution in [0.25, 0.3) is 21.8 Å². The van der Waals surface area contributed by atoms with Crippen LogP contribution in [0.15, 0.2) is 48.1 Å². The van der Waals surface area contributed by atoms with E-state index in [1.54, 1.807) is 24.6 Å². The van der Waals surface area contributed by atoms with E-state index >= 15 is 0 Å². The lowest BCUT2D eigenvalue weighted by Crippen LogP contribution is -1.85. The molecule has 0 fully saturated rings. The Hall–Kier alpha value is -2.20. The summed E-state index contributed by atoms with van der Waals surface area (Å²) in [6.07, 6.45) is 3.66. The van der Waals surface area contributed by atoms with Gasteiger partial charge in [0.05, 0.1) is 12.8 Å². The Morgan fingerprint density at radius 3 is 2.60 bits per heavy atom. The summed E-state index contributed by atoms with van der Waals surface area (Å²) in [6, 6.07) is 9.95. The fourth-order valence-electron chi connectivity index (χ4n) is 2.00. The third-order valence-electron chi connectivity index (χ3n) is 3.16. The van der Waals surface area contributed by atoms with Crippen molar-refractivity contribution in [3.8, 4) is 27.6 Å². The Kier molecular flexibility index (Phi) is 3.48. The average Bonchev–Trinajstić information content (AvgIpc) is 2.97. The van der Waals surface area contributed by atoms with Gasteiger partial charge in [-0.3, -0.25) is 4.98 Å². The van der Waals surface area contributed by atoms with Gasteiger partial charge in [-0.25, -0.2) is 4.98 Å². The van der Waals surface area contributed by atoms with Gasteiger partial charge < -0.3 is 4.74 Å². The van der Waals surface area contributed by atoms with Gasteiger partial charge in [0.2, 0.25) is 0 Å². The summed E-state index contributed by atoms with van der Waals surface area (Å²) in [6.45, 7) is 2.07. The SMILES string of the molecule is COc1ccc(-c2nc(-c3cnccc3C)cs2)cc1. The molecule has 0 spiro atoms. The van der Waals surface area contributed by atoms with Gasteiger partial charge in [0, 0.05) is 28.9 Å². The molecule has 2 aromatic heterocycles. The molecule has 0 atom stereocenters. The highest BCUT2D eigenvalue weighted by Gasteiger charge is 2.08. The second-order valence-electron chi connectivity index (χ2n) is 4.46. The number of pyridine rings is 1. The number of methoxy groups -OCH3 is 1. The Morgan fingerprint density at radius 2 is 1.90 bits per heavy atom. The number of hydrogen-bond donors (Lipinski definition) is 0. The number of benzene rings is 1. The van der Waals surface area contributed by atoms with E-state index in [9.17, 15) is 0 Å². The van der Waals surface area contributed by atoms with Crippen LogP contribution in [0.5, 0.6) is 5.75 Å². The molecule has 2 heterocycles. The standard InChI is InChI=1S/C16H14N2OS/c1-11-7-8-17-9-14(11)15-10-20-16(18-15)12-3-5-13(19-2)6-4-12/h3-10H,1-2H3. The van der Waals surface area contributed by atoms with Crippen LogP contribution in [-0.4, -0.2) is 17.1 Å². The van der Waals surface area contributed by atoms with E-state index in [4.69, 9.17) is 9.72 Å². The van der Waals surface area contributed by atoms with Crippen LogP contribution >= 0.6 is 11.3 Å². The number of ether oxygens (including phenoxy) is 1. The van der Waals surface area contributed by atoms with Crippen LogP contribution in [-0.2, 0) is 0 Å². The maximum Gasteiger partial charge on any atom is 0.124 e. The largest absolute Gasteiger partial charge is 0.497 e. The molecule has 0 saturated heterocycles. The van der Waals surface area contributed by atoms with Crippen molar-refractivity contribution >= 4 is 11.3 Å². The number of aryl methyl sites for hydroxylation is 1. The molecule has 0 bridgehead atoms. The van der Waals surface area contributed by atoms with E-state index in [-0.39, 0.29) is 0 Å². The van der Waals surface area contributed by atoms with Gasteiger partial charge in [0.1, 0.15) is 10.8 Å². The fourth-order valence-corrected chi connectivity index (χ4v) is 2.82. The summed E-state index contributed by atoms with van der Waals surface area (Å²) in [5, 5.41) is 3.08. The van der Waals surface area contributed by atoms with E-state index in [0.717, 1.165) is 27.6 Å². The topological polar surface area (TPSA) is 35.0 Å². The third-order valence-corrected chi connectivity index (χ3v) is 4.05. The lowest BCUT2D eigenvalue weighted by Gasteiger charge is -2.01. The maximum atomic E-state index is 5.17. The number of aromatic nitrogens is 2. The molecule has 4 heteroatoms. The van der Waals surface area contributed by atoms with Gasteiger partial charge in [-0.15, -0.1) is 11.3 Å². The molecule has 3 rings (SSSR count). The minimum absolute atomic E-state index is 0.855. The van der Waals surface area contributed by atoms with Crippen molar-refractivity contribution in [3.05, 3.63) is 53.7 Å². The predicted molar refractivity (Wildman–Crippen MR) is 82.1 cm³/mol. The van der Waals surface area contributed by atoms with E-state index in [1.165, 1.54) is 5.56 Å². The molecule has 0 N–H and O–H groups in total. The first-order valence-electron chi connectivity index (χ1n) is 6.29. The number of hydrogen-bond acceptors (Lipinski definition) is 4. The Labute approximate surface area is 121 Å². The number of rotatable bonds is 3. The summed E-state index contributed by atoms with van der Waals surface area (Å²) >= 11 is 1.64. The van der Waals surface area contributed by atoms with Crippen LogP contribution in [0.2, 0.25) is 0 Å². The summed E-state index contributed by atoms with van der Waals surface area (Å²) in [4.78, 5) is 8.88. The van der Waals surface area contributed by atoms with Crippen LogP contribution in [0, 0.1) is 6.92 Å². The van der Waals surface area contributed by atoms with Crippen molar-refractivity contribution in [1.29, 1.82) is 0 Å². The molecule has 0 aliphatic carbocycles. The third kappa shape index (κ3) is 2.42. The molecule has 100 valence electrons. The quantitative estimate of drug-likeness (QED) is 0.722. The van der Waals surface area contributed by atoms with E-state index in [1.807, 2.05) is 36.5 Å². The Morgan fingerprint density at radius 1 is 1.10 bits per heavy atom. The molecular formula is C16H14N2OS. The highest BCUT2D eigenvalue weighted by atomic mass is 32.1. The molecule has 3 aromatic rings. The molecule has 1 aromatic carbocycles. The molecule has 20 heavy (non-hydrogen) atoms. The predicted octanol–water partition coefficient (Wildman–Crippen LogP) is 4.19. The zero-order chi connectivity index (χ0) is 13.9. The molecule has 0 aliphatic rings.